The van der Waals surface area contributed by atoms with Crippen molar-refractivity contribution in [3.63, 3.8) is 0 Å². The number of benzene rings is 4. The van der Waals surface area contributed by atoms with Gasteiger partial charge in [-0.25, -0.2) is 9.59 Å². The van der Waals surface area contributed by atoms with Crippen LogP contribution in [0, 0.1) is 10.8 Å². The Balaban J connectivity index is 2.03. The molecule has 2 atom stereocenters. The predicted octanol–water partition coefficient (Wildman–Crippen LogP) is 6.91. The van der Waals surface area contributed by atoms with Gasteiger partial charge in [0, 0.05) is 34.7 Å². The van der Waals surface area contributed by atoms with Crippen molar-refractivity contribution in [2.75, 3.05) is 0 Å². The summed E-state index contributed by atoms with van der Waals surface area (Å²) in [5.41, 5.74) is -0.0688. The molecule has 0 heterocycles. The first-order valence-corrected chi connectivity index (χ1v) is 13.6. The number of rotatable bonds is 7. The number of aromatic hydroxyl groups is 2. The van der Waals surface area contributed by atoms with E-state index in [9.17, 15) is 30.0 Å². The van der Waals surface area contributed by atoms with Crippen LogP contribution in [0.1, 0.15) is 52.7 Å². The second-order valence-corrected chi connectivity index (χ2v) is 12.6. The Morgan fingerprint density at radius 2 is 0.976 bits per heavy atom. The lowest BCUT2D eigenvalue weighted by molar-refractivity contribution is -0.141. The number of hydrogen-bond acceptors (Lipinski definition) is 6. The van der Waals surface area contributed by atoms with E-state index in [2.05, 4.69) is 9.98 Å². The molecular formula is C34H36N2O6. The molecule has 0 saturated heterocycles. The lowest BCUT2D eigenvalue weighted by Crippen LogP contribution is -2.32. The van der Waals surface area contributed by atoms with Gasteiger partial charge in [-0.3, -0.25) is 9.98 Å². The summed E-state index contributed by atoms with van der Waals surface area (Å²) in [5, 5.41) is 45.7. The van der Waals surface area contributed by atoms with Crippen LogP contribution in [0.5, 0.6) is 11.5 Å². The molecule has 4 rings (SSSR count). The van der Waals surface area contributed by atoms with Crippen LogP contribution in [-0.4, -0.2) is 56.9 Å². The molecule has 42 heavy (non-hydrogen) atoms. The number of phenolic OH excluding ortho intramolecular Hbond substituents is 2. The zero-order valence-electron chi connectivity index (χ0n) is 24.6. The van der Waals surface area contributed by atoms with Gasteiger partial charge in [-0.1, -0.05) is 90.1 Å². The molecule has 8 heteroatoms. The molecule has 0 saturated carbocycles. The van der Waals surface area contributed by atoms with Gasteiger partial charge in [-0.15, -0.1) is 0 Å². The normalized spacial score (nSPS) is 14.1. The number of carboxylic acid groups (broad SMARTS) is 2. The van der Waals surface area contributed by atoms with Crippen molar-refractivity contribution in [3.05, 3.63) is 71.8 Å². The van der Waals surface area contributed by atoms with E-state index < -0.39 is 34.9 Å². The van der Waals surface area contributed by atoms with Crippen LogP contribution >= 0.6 is 0 Å². The number of phenols is 2. The molecule has 0 radical (unpaired) electrons. The van der Waals surface area contributed by atoms with Gasteiger partial charge in [0.1, 0.15) is 11.5 Å². The Kier molecular flexibility index (Phi) is 8.12. The summed E-state index contributed by atoms with van der Waals surface area (Å²) < 4.78 is 0. The van der Waals surface area contributed by atoms with Crippen LogP contribution in [0.3, 0.4) is 0 Å². The highest BCUT2D eigenvalue weighted by atomic mass is 16.4. The minimum Gasteiger partial charge on any atom is -0.507 e. The van der Waals surface area contributed by atoms with Crippen LogP contribution in [0.2, 0.25) is 0 Å². The molecular weight excluding hydrogens is 532 g/mol. The van der Waals surface area contributed by atoms with Crippen molar-refractivity contribution in [1.82, 2.24) is 0 Å². The summed E-state index contributed by atoms with van der Waals surface area (Å²) in [6.45, 7) is 10.7. The Bertz CT molecular complexity index is 1610. The largest absolute Gasteiger partial charge is 0.507 e. The number of carboxylic acids is 2. The maximum Gasteiger partial charge on any atom is 0.328 e. The highest BCUT2D eigenvalue weighted by Gasteiger charge is 2.31. The van der Waals surface area contributed by atoms with Gasteiger partial charge in [0.25, 0.3) is 0 Å². The molecule has 0 spiro atoms. The number of aliphatic carboxylic acids is 2. The van der Waals surface area contributed by atoms with E-state index in [-0.39, 0.29) is 11.5 Å². The molecule has 4 aromatic carbocycles. The Morgan fingerprint density at radius 1 is 0.643 bits per heavy atom. The van der Waals surface area contributed by atoms with Gasteiger partial charge < -0.3 is 20.4 Å². The average Bonchev–Trinajstić information content (AvgIpc) is 2.88. The Morgan fingerprint density at radius 3 is 1.29 bits per heavy atom. The summed E-state index contributed by atoms with van der Waals surface area (Å²) >= 11 is 0. The van der Waals surface area contributed by atoms with Crippen molar-refractivity contribution in [2.45, 2.75) is 53.6 Å². The highest BCUT2D eigenvalue weighted by molar-refractivity contribution is 6.14. The maximum absolute atomic E-state index is 11.9. The van der Waals surface area contributed by atoms with Gasteiger partial charge in [0.15, 0.2) is 12.1 Å². The number of nitrogens with zero attached hydrogens (tertiary/aromatic N) is 2. The molecule has 4 aromatic rings. The lowest BCUT2D eigenvalue weighted by atomic mass is 9.87. The van der Waals surface area contributed by atoms with Crippen molar-refractivity contribution in [3.8, 4) is 22.6 Å². The van der Waals surface area contributed by atoms with Gasteiger partial charge >= 0.3 is 11.9 Å². The van der Waals surface area contributed by atoms with Gasteiger partial charge in [-0.05, 0) is 44.5 Å². The summed E-state index contributed by atoms with van der Waals surface area (Å²) in [6.07, 6.45) is 2.72. The van der Waals surface area contributed by atoms with E-state index in [1.54, 1.807) is 53.7 Å². The molecule has 0 aliphatic rings. The summed E-state index contributed by atoms with van der Waals surface area (Å²) in [4.78, 5) is 32.5. The van der Waals surface area contributed by atoms with E-state index in [1.165, 1.54) is 12.4 Å². The fraction of sp³-hybridized carbons (Fsp3) is 0.294. The van der Waals surface area contributed by atoms with E-state index in [0.717, 1.165) is 10.8 Å². The first kappa shape index (κ1) is 30.2. The van der Waals surface area contributed by atoms with Crippen molar-refractivity contribution < 1.29 is 30.0 Å². The molecule has 0 bridgehead atoms. The highest BCUT2D eigenvalue weighted by Crippen LogP contribution is 2.47. The van der Waals surface area contributed by atoms with Crippen LogP contribution in [0.4, 0.5) is 0 Å². The quantitative estimate of drug-likeness (QED) is 0.179. The third-order valence-electron chi connectivity index (χ3n) is 7.19. The minimum atomic E-state index is -1.08. The summed E-state index contributed by atoms with van der Waals surface area (Å²) in [6, 6.07) is 16.1. The first-order chi connectivity index (χ1) is 19.6. The van der Waals surface area contributed by atoms with Gasteiger partial charge in [-0.2, -0.15) is 0 Å². The summed E-state index contributed by atoms with van der Waals surface area (Å²) in [5.74, 6) is -2.51. The molecule has 0 aromatic heterocycles. The Hall–Kier alpha value is -4.72. The van der Waals surface area contributed by atoms with Crippen molar-refractivity contribution >= 4 is 45.9 Å². The monoisotopic (exact) mass is 568 g/mol. The molecule has 218 valence electrons. The van der Waals surface area contributed by atoms with E-state index >= 15 is 0 Å². The zero-order chi connectivity index (χ0) is 31.0. The molecule has 4 N–H and O–H groups in total. The van der Waals surface area contributed by atoms with Crippen molar-refractivity contribution in [2.24, 2.45) is 20.8 Å². The molecule has 0 unspecified atom stereocenters. The summed E-state index contributed by atoms with van der Waals surface area (Å²) in [7, 11) is 0. The van der Waals surface area contributed by atoms with E-state index in [0.29, 0.717) is 33.0 Å². The smallest absolute Gasteiger partial charge is 0.328 e. The number of carbonyl (C=O) groups is 2. The molecule has 8 nitrogen and oxygen atoms in total. The Labute approximate surface area is 244 Å². The van der Waals surface area contributed by atoms with Crippen molar-refractivity contribution in [1.29, 1.82) is 0 Å². The second kappa shape index (κ2) is 11.3. The number of hydrogen-bond donors (Lipinski definition) is 4. The number of fused-ring (bicyclic) bond motifs is 2. The van der Waals surface area contributed by atoms with E-state index in [1.807, 2.05) is 48.5 Å². The van der Waals surface area contributed by atoms with Gasteiger partial charge in [0.2, 0.25) is 0 Å². The standard InChI is InChI=1S/C34H36N2O6/c1-33(2,3)29(31(39)40)35-17-21-15-19-11-7-9-13-23(19)25(27(21)37)26-24-14-10-8-12-20(24)16-22(28(26)38)18-36-30(32(41)42)34(4,5)6/h7-18,29-30,37-38H,1-6H3,(H,39,40)(H,41,42)/t29-,30-/m0/s1. The fourth-order valence-electron chi connectivity index (χ4n) is 5.04. The topological polar surface area (TPSA) is 140 Å². The van der Waals surface area contributed by atoms with Crippen LogP contribution in [0.15, 0.2) is 70.6 Å². The molecule has 0 fully saturated rings. The minimum absolute atomic E-state index is 0.178. The van der Waals surface area contributed by atoms with E-state index in [4.69, 9.17) is 0 Å². The third-order valence-corrected chi connectivity index (χ3v) is 7.19. The fourth-order valence-corrected chi connectivity index (χ4v) is 5.04. The molecule has 0 amide bonds. The van der Waals surface area contributed by atoms with Crippen LogP contribution in [-0.2, 0) is 9.59 Å². The van der Waals surface area contributed by atoms with Crippen LogP contribution in [0.25, 0.3) is 32.7 Å². The lowest BCUT2D eigenvalue weighted by Gasteiger charge is -2.23. The third kappa shape index (κ3) is 5.98. The molecule has 0 aliphatic heterocycles. The average molecular weight is 569 g/mol. The number of aliphatic imine (C=N–C) groups is 2. The van der Waals surface area contributed by atoms with Crippen LogP contribution < -0.4 is 0 Å². The second-order valence-electron chi connectivity index (χ2n) is 12.6. The van der Waals surface area contributed by atoms with Gasteiger partial charge in [0.05, 0.1) is 0 Å². The SMILES string of the molecule is CC(C)(C)[C@@H](N=Cc1cc2ccccc2c(-c2c(O)c(C=N[C@@H](C(=O)O)C(C)(C)C)cc3ccccc23)c1O)C(=O)O. The molecule has 0 aliphatic carbocycles. The zero-order valence-corrected chi connectivity index (χ0v) is 24.6. The predicted molar refractivity (Wildman–Crippen MR) is 167 cm³/mol. The first-order valence-electron chi connectivity index (χ1n) is 13.6. The maximum atomic E-state index is 11.9.